The number of rotatable bonds is 11. The monoisotopic (exact) mass is 633 g/mol. The Kier molecular flexibility index (Phi) is 10.9. The minimum atomic E-state index is -5.02. The molecule has 1 fully saturated rings. The number of amides is 2. The van der Waals surface area contributed by atoms with Crippen LogP contribution in [0.2, 0.25) is 5.02 Å². The Morgan fingerprint density at radius 1 is 1.17 bits per heavy atom. The van der Waals surface area contributed by atoms with E-state index in [1.165, 1.54) is 21.0 Å². The van der Waals surface area contributed by atoms with Crippen LogP contribution in [-0.4, -0.2) is 79.5 Å². The topological polar surface area (TPSA) is 139 Å². The number of hydrogen-bond acceptors (Lipinski definition) is 7. The summed E-state index contributed by atoms with van der Waals surface area (Å²) in [6.45, 7) is 2.40. The van der Waals surface area contributed by atoms with Gasteiger partial charge in [-0.3, -0.25) is 9.59 Å². The van der Waals surface area contributed by atoms with Gasteiger partial charge in [-0.15, -0.1) is 0 Å². The zero-order valence-electron chi connectivity index (χ0n) is 23.3. The molecule has 3 rings (SSSR count). The molecular formula is C28H35ClF3N3O6S. The highest BCUT2D eigenvalue weighted by Crippen LogP contribution is 2.30. The van der Waals surface area contributed by atoms with Gasteiger partial charge in [-0.2, -0.15) is 13.2 Å². The van der Waals surface area contributed by atoms with E-state index in [1.54, 1.807) is 48.5 Å². The molecule has 1 aliphatic rings. The van der Waals surface area contributed by atoms with Crippen molar-refractivity contribution >= 4 is 33.3 Å². The molecular weight excluding hydrogens is 599 g/mol. The lowest BCUT2D eigenvalue weighted by atomic mass is 9.97. The number of nitrogens with one attached hydrogen (secondary N) is 1. The fourth-order valence-corrected chi connectivity index (χ4v) is 6.88. The van der Waals surface area contributed by atoms with Crippen LogP contribution in [-0.2, 0) is 31.6 Å². The Labute approximate surface area is 248 Å². The van der Waals surface area contributed by atoms with Crippen LogP contribution >= 0.6 is 11.6 Å². The summed E-state index contributed by atoms with van der Waals surface area (Å²) in [6, 6.07) is 8.59. The largest absolute Gasteiger partial charge is 0.497 e. The van der Waals surface area contributed by atoms with E-state index in [0.29, 0.717) is 21.9 Å². The lowest BCUT2D eigenvalue weighted by Gasteiger charge is -2.32. The number of carbonyl (C=O) groups excluding carboxylic acids is 2. The molecule has 0 radical (unpaired) electrons. The summed E-state index contributed by atoms with van der Waals surface area (Å²) in [5, 5.41) is 11.3. The Bertz CT molecular complexity index is 1360. The molecule has 2 aromatic carbocycles. The van der Waals surface area contributed by atoms with Crippen LogP contribution in [0.5, 0.6) is 5.75 Å². The molecule has 2 aromatic rings. The normalized spacial score (nSPS) is 19.8. The highest BCUT2D eigenvalue weighted by Gasteiger charge is 2.49. The Hall–Kier alpha value is -2.87. The number of ether oxygens (including phenoxy) is 1. The molecule has 1 saturated heterocycles. The SMILES string of the molecule is COc1ccc(CS(=O)(=O)[C@@H]2C[C@@H](C(=O)N[C@@H](C(C)C)[C@H](O)C(F)(F)F)N(C(=O)C(N)Cc3cccc(Cl)c3)C2)cc1. The first-order valence-corrected chi connectivity index (χ1v) is 15.3. The number of halogens is 4. The maximum Gasteiger partial charge on any atom is 0.416 e. The second kappa shape index (κ2) is 13.6. The lowest BCUT2D eigenvalue weighted by molar-refractivity contribution is -0.215. The summed E-state index contributed by atoms with van der Waals surface area (Å²) < 4.78 is 71.9. The number of carbonyl (C=O) groups is 2. The second-order valence-electron chi connectivity index (χ2n) is 10.7. The van der Waals surface area contributed by atoms with Crippen molar-refractivity contribution in [1.82, 2.24) is 10.2 Å². The molecule has 0 aliphatic carbocycles. The fourth-order valence-electron chi connectivity index (χ4n) is 4.91. The number of aliphatic hydroxyl groups excluding tert-OH is 1. The molecule has 1 heterocycles. The molecule has 1 unspecified atom stereocenters. The van der Waals surface area contributed by atoms with Crippen molar-refractivity contribution in [2.75, 3.05) is 13.7 Å². The predicted molar refractivity (Wildman–Crippen MR) is 151 cm³/mol. The summed E-state index contributed by atoms with van der Waals surface area (Å²) in [5.41, 5.74) is 7.26. The molecule has 1 aliphatic heterocycles. The first-order valence-electron chi connectivity index (χ1n) is 13.2. The van der Waals surface area contributed by atoms with Crippen molar-refractivity contribution in [3.8, 4) is 5.75 Å². The van der Waals surface area contributed by atoms with Crippen molar-refractivity contribution in [3.05, 3.63) is 64.7 Å². The number of sulfone groups is 1. The van der Waals surface area contributed by atoms with E-state index in [0.717, 1.165) is 4.90 Å². The quantitative estimate of drug-likeness (QED) is 0.346. The summed E-state index contributed by atoms with van der Waals surface area (Å²) in [7, 11) is -2.47. The van der Waals surface area contributed by atoms with Gasteiger partial charge >= 0.3 is 6.18 Å². The second-order valence-corrected chi connectivity index (χ2v) is 13.4. The van der Waals surface area contributed by atoms with Gasteiger partial charge in [-0.05, 0) is 54.2 Å². The van der Waals surface area contributed by atoms with Crippen molar-refractivity contribution in [1.29, 1.82) is 0 Å². The summed E-state index contributed by atoms with van der Waals surface area (Å²) in [6.07, 6.45) is -8.22. The summed E-state index contributed by atoms with van der Waals surface area (Å²) in [4.78, 5) is 27.9. The van der Waals surface area contributed by atoms with Crippen LogP contribution in [0.25, 0.3) is 0 Å². The minimum Gasteiger partial charge on any atom is -0.497 e. The van der Waals surface area contributed by atoms with E-state index >= 15 is 0 Å². The van der Waals surface area contributed by atoms with Crippen LogP contribution in [0, 0.1) is 5.92 Å². The average molecular weight is 634 g/mol. The van der Waals surface area contributed by atoms with E-state index in [1.807, 2.05) is 0 Å². The Morgan fingerprint density at radius 2 is 1.81 bits per heavy atom. The van der Waals surface area contributed by atoms with Gasteiger partial charge in [-0.1, -0.05) is 49.7 Å². The molecule has 2 amide bonds. The third-order valence-electron chi connectivity index (χ3n) is 7.25. The molecule has 4 N–H and O–H groups in total. The molecule has 5 atom stereocenters. The van der Waals surface area contributed by atoms with Gasteiger partial charge in [0.1, 0.15) is 11.8 Å². The van der Waals surface area contributed by atoms with Crippen LogP contribution in [0.15, 0.2) is 48.5 Å². The van der Waals surface area contributed by atoms with Crippen LogP contribution in [0.3, 0.4) is 0 Å². The molecule has 14 heteroatoms. The molecule has 232 valence electrons. The predicted octanol–water partition coefficient (Wildman–Crippen LogP) is 2.87. The van der Waals surface area contributed by atoms with Gasteiger partial charge in [0.05, 0.1) is 30.2 Å². The van der Waals surface area contributed by atoms with E-state index in [-0.39, 0.29) is 19.4 Å². The van der Waals surface area contributed by atoms with Crippen LogP contribution < -0.4 is 15.8 Å². The van der Waals surface area contributed by atoms with Crippen molar-refractivity contribution in [3.63, 3.8) is 0 Å². The van der Waals surface area contributed by atoms with E-state index < -0.39 is 69.0 Å². The van der Waals surface area contributed by atoms with Crippen LogP contribution in [0.4, 0.5) is 13.2 Å². The number of likely N-dealkylation sites (tertiary alicyclic amines) is 1. The van der Waals surface area contributed by atoms with Crippen molar-refractivity contribution in [2.45, 2.75) is 68.1 Å². The van der Waals surface area contributed by atoms with Gasteiger partial charge in [0.2, 0.25) is 11.8 Å². The molecule has 9 nitrogen and oxygen atoms in total. The fraction of sp³-hybridized carbons (Fsp3) is 0.500. The van der Waals surface area contributed by atoms with Crippen molar-refractivity contribution in [2.24, 2.45) is 11.7 Å². The standard InChI is InChI=1S/C28H35ClF3N3O6S/c1-16(2)24(25(36)28(30,31)32)34-26(37)23-13-21(42(39,40)15-17-7-9-20(41-3)10-8-17)14-35(23)27(38)22(33)12-18-5-4-6-19(29)11-18/h4-11,16,21-25,36H,12-15,33H2,1-3H3,(H,34,37)/t21-,22?,23+,24+,25+/m1/s1. The third-order valence-corrected chi connectivity index (χ3v) is 9.58. The number of aliphatic hydroxyl groups is 1. The van der Waals surface area contributed by atoms with E-state index in [9.17, 15) is 36.3 Å². The molecule has 0 spiro atoms. The minimum absolute atomic E-state index is 0.0227. The van der Waals surface area contributed by atoms with Gasteiger partial charge in [-0.25, -0.2) is 8.42 Å². The van der Waals surface area contributed by atoms with Gasteiger partial charge < -0.3 is 25.8 Å². The van der Waals surface area contributed by atoms with Gasteiger partial charge in [0, 0.05) is 11.6 Å². The highest BCUT2D eigenvalue weighted by atomic mass is 35.5. The third kappa shape index (κ3) is 8.36. The molecule has 0 bridgehead atoms. The van der Waals surface area contributed by atoms with Crippen molar-refractivity contribution < 1.29 is 41.0 Å². The maximum atomic E-state index is 13.5. The Balaban J connectivity index is 1.88. The number of hydrogen-bond donors (Lipinski definition) is 3. The van der Waals surface area contributed by atoms with E-state index in [4.69, 9.17) is 22.1 Å². The van der Waals surface area contributed by atoms with Gasteiger partial charge in [0.25, 0.3) is 0 Å². The maximum absolute atomic E-state index is 13.5. The first-order chi connectivity index (χ1) is 19.5. The van der Waals surface area contributed by atoms with E-state index in [2.05, 4.69) is 5.32 Å². The zero-order chi connectivity index (χ0) is 31.4. The highest BCUT2D eigenvalue weighted by molar-refractivity contribution is 7.91. The first kappa shape index (κ1) is 33.6. The zero-order valence-corrected chi connectivity index (χ0v) is 24.9. The number of benzene rings is 2. The summed E-state index contributed by atoms with van der Waals surface area (Å²) >= 11 is 6.02. The number of alkyl halides is 3. The molecule has 0 saturated carbocycles. The Morgan fingerprint density at radius 3 is 2.36 bits per heavy atom. The lowest BCUT2D eigenvalue weighted by Crippen LogP contribution is -2.58. The molecule has 0 aromatic heterocycles. The van der Waals surface area contributed by atoms with Gasteiger partial charge in [0.15, 0.2) is 15.9 Å². The summed E-state index contributed by atoms with van der Waals surface area (Å²) in [5.74, 6) is -2.46. The molecule has 42 heavy (non-hydrogen) atoms. The average Bonchev–Trinajstić information content (AvgIpc) is 3.37. The van der Waals surface area contributed by atoms with Crippen LogP contribution in [0.1, 0.15) is 31.4 Å². The number of nitrogens with zero attached hydrogens (tertiary/aromatic N) is 1. The number of nitrogens with two attached hydrogens (primary N) is 1. The number of methoxy groups -OCH3 is 1. The smallest absolute Gasteiger partial charge is 0.416 e.